The highest BCUT2D eigenvalue weighted by Crippen LogP contribution is 2.55. The van der Waals surface area contributed by atoms with Crippen molar-refractivity contribution in [3.8, 4) is 22.6 Å². The molecule has 0 saturated carbocycles. The van der Waals surface area contributed by atoms with Gasteiger partial charge >= 0.3 is 30.7 Å². The number of carbonyl (C=O) groups is 2. The fourth-order valence-electron chi connectivity index (χ4n) is 5.61. The van der Waals surface area contributed by atoms with Gasteiger partial charge in [-0.3, -0.25) is 4.79 Å². The van der Waals surface area contributed by atoms with Gasteiger partial charge in [0.2, 0.25) is 0 Å². The Morgan fingerprint density at radius 2 is 1.00 bits per heavy atom. The molecule has 0 aliphatic rings. The van der Waals surface area contributed by atoms with E-state index >= 15 is 0 Å². The first-order chi connectivity index (χ1) is 25.1. The smallest absolute Gasteiger partial charge is 0.430 e. The molecule has 0 fully saturated rings. The van der Waals surface area contributed by atoms with Crippen LogP contribution in [-0.2, 0) is 11.2 Å². The fraction of sp³-hybridized carbons (Fsp3) is 0.459. The van der Waals surface area contributed by atoms with Crippen LogP contribution in [-0.4, -0.2) is 52.3 Å². The van der Waals surface area contributed by atoms with Crippen LogP contribution in [0, 0.1) is 5.92 Å². The number of rotatable bonds is 13. The molecular formula is C37H36F12O6. The number of ether oxygens (including phenoxy) is 2. The number of esters is 1. The van der Waals surface area contributed by atoms with E-state index in [4.69, 9.17) is 9.47 Å². The molecule has 3 aromatic rings. The molecule has 2 N–H and O–H groups in total. The van der Waals surface area contributed by atoms with Crippen molar-refractivity contribution >= 4 is 11.8 Å². The van der Waals surface area contributed by atoms with Crippen LogP contribution in [0.2, 0.25) is 0 Å². The van der Waals surface area contributed by atoms with Gasteiger partial charge < -0.3 is 19.7 Å². The number of benzene rings is 3. The van der Waals surface area contributed by atoms with Crippen LogP contribution < -0.4 is 9.47 Å². The lowest BCUT2D eigenvalue weighted by atomic mass is 9.86. The summed E-state index contributed by atoms with van der Waals surface area (Å²) in [5.74, 6) is -5.25. The number of halogens is 12. The Morgan fingerprint density at radius 3 is 1.40 bits per heavy atom. The van der Waals surface area contributed by atoms with Crippen molar-refractivity contribution in [2.24, 2.45) is 5.92 Å². The Labute approximate surface area is 307 Å². The highest BCUT2D eigenvalue weighted by atomic mass is 19.4. The lowest BCUT2D eigenvalue weighted by Gasteiger charge is -2.36. The Kier molecular flexibility index (Phi) is 12.8. The summed E-state index contributed by atoms with van der Waals surface area (Å²) in [6.07, 6.45) is -25.4. The third-order valence-electron chi connectivity index (χ3n) is 9.51. The minimum absolute atomic E-state index is 0.0233. The van der Waals surface area contributed by atoms with E-state index < -0.39 is 98.5 Å². The van der Waals surface area contributed by atoms with Crippen molar-refractivity contribution in [3.05, 3.63) is 82.9 Å². The molecule has 0 spiro atoms. The third-order valence-corrected chi connectivity index (χ3v) is 9.51. The van der Waals surface area contributed by atoms with E-state index in [1.165, 1.54) is 32.9 Å². The van der Waals surface area contributed by atoms with Gasteiger partial charge in [-0.25, -0.2) is 4.79 Å². The average Bonchev–Trinajstić information content (AvgIpc) is 3.09. The molecule has 0 aromatic heterocycles. The van der Waals surface area contributed by atoms with Crippen LogP contribution in [0.1, 0.15) is 92.1 Å². The molecule has 3 rings (SSSR count). The van der Waals surface area contributed by atoms with E-state index in [9.17, 15) is 72.5 Å². The van der Waals surface area contributed by atoms with Gasteiger partial charge in [0.05, 0.1) is 5.56 Å². The predicted octanol–water partition coefficient (Wildman–Crippen LogP) is 10.8. The Bertz CT molecular complexity index is 1820. The normalized spacial score (nSPS) is 13.6. The Morgan fingerprint density at radius 1 is 0.600 bits per heavy atom. The van der Waals surface area contributed by atoms with Crippen LogP contribution in [0.5, 0.6) is 11.5 Å². The van der Waals surface area contributed by atoms with E-state index in [1.807, 2.05) is 0 Å². The number of alkyl halides is 12. The second kappa shape index (κ2) is 15.7. The van der Waals surface area contributed by atoms with Gasteiger partial charge in [-0.05, 0) is 80.1 Å². The summed E-state index contributed by atoms with van der Waals surface area (Å²) in [6, 6.07) is 6.54. The molecule has 304 valence electrons. The van der Waals surface area contributed by atoms with Gasteiger partial charge in [0.1, 0.15) is 17.1 Å². The first-order valence-electron chi connectivity index (χ1n) is 16.6. The van der Waals surface area contributed by atoms with Crippen molar-refractivity contribution < 1.29 is 82.0 Å². The topological polar surface area (TPSA) is 93.1 Å². The van der Waals surface area contributed by atoms with Crippen LogP contribution in [0.4, 0.5) is 52.7 Å². The number of hydrogen-bond donors (Lipinski definition) is 2. The molecule has 6 nitrogen and oxygen atoms in total. The number of aliphatic hydroxyl groups is 2. The second-order valence-corrected chi connectivity index (χ2v) is 12.9. The summed E-state index contributed by atoms with van der Waals surface area (Å²) < 4.78 is 181. The summed E-state index contributed by atoms with van der Waals surface area (Å²) in [5.41, 5.74) is -19.6. The fourth-order valence-corrected chi connectivity index (χ4v) is 5.61. The molecule has 0 amide bonds. The molecule has 0 bridgehead atoms. The van der Waals surface area contributed by atoms with E-state index in [2.05, 4.69) is 0 Å². The molecule has 0 aliphatic carbocycles. The zero-order valence-corrected chi connectivity index (χ0v) is 29.7. The van der Waals surface area contributed by atoms with Crippen LogP contribution in [0.15, 0.2) is 60.7 Å². The molecule has 18 heteroatoms. The van der Waals surface area contributed by atoms with E-state index in [-0.39, 0.29) is 30.5 Å². The molecule has 0 atom stereocenters. The van der Waals surface area contributed by atoms with Gasteiger partial charge in [-0.1, -0.05) is 52.0 Å². The predicted molar refractivity (Wildman–Crippen MR) is 173 cm³/mol. The molecule has 0 saturated heterocycles. The van der Waals surface area contributed by atoms with Gasteiger partial charge in [0.25, 0.3) is 11.2 Å². The van der Waals surface area contributed by atoms with E-state index in [1.54, 1.807) is 13.8 Å². The largest absolute Gasteiger partial charge is 0.487 e. The monoisotopic (exact) mass is 804 g/mol. The van der Waals surface area contributed by atoms with E-state index in [0.29, 0.717) is 37.1 Å². The highest BCUT2D eigenvalue weighted by Gasteiger charge is 2.73. The lowest BCUT2D eigenvalue weighted by molar-refractivity contribution is -0.377. The average molecular weight is 805 g/mol. The summed E-state index contributed by atoms with van der Waals surface area (Å²) in [4.78, 5) is 26.0. The number of Topliss-reactive ketones (excluding diaryl/α,β-unsaturated/α-hetero) is 1. The van der Waals surface area contributed by atoms with Gasteiger partial charge in [0, 0.05) is 22.6 Å². The maximum absolute atomic E-state index is 14.3. The summed E-state index contributed by atoms with van der Waals surface area (Å²) in [7, 11) is 0. The van der Waals surface area contributed by atoms with Gasteiger partial charge in [0.15, 0.2) is 5.78 Å². The van der Waals surface area contributed by atoms with Crippen molar-refractivity contribution in [1.82, 2.24) is 0 Å². The Balaban J connectivity index is 2.37. The highest BCUT2D eigenvalue weighted by molar-refractivity contribution is 6.00. The molecule has 0 heterocycles. The molecule has 55 heavy (non-hydrogen) atoms. The molecule has 0 aliphatic heterocycles. The quantitative estimate of drug-likeness (QED) is 0.0774. The van der Waals surface area contributed by atoms with Crippen molar-refractivity contribution in [2.45, 2.75) is 102 Å². The zero-order valence-electron chi connectivity index (χ0n) is 29.7. The van der Waals surface area contributed by atoms with Crippen LogP contribution in [0.25, 0.3) is 11.1 Å². The summed E-state index contributed by atoms with van der Waals surface area (Å²) >= 11 is 0. The number of carbonyl (C=O) groups excluding carboxylic acids is 2. The number of ketones is 1. The minimum atomic E-state index is -6.62. The van der Waals surface area contributed by atoms with E-state index in [0.717, 1.165) is 12.1 Å². The van der Waals surface area contributed by atoms with Gasteiger partial charge in [-0.15, -0.1) is 0 Å². The summed E-state index contributed by atoms with van der Waals surface area (Å²) in [5, 5.41) is 20.8. The third kappa shape index (κ3) is 8.59. The molecule has 0 radical (unpaired) electrons. The Hall–Kier alpha value is -4.32. The van der Waals surface area contributed by atoms with Crippen molar-refractivity contribution in [3.63, 3.8) is 0 Å². The zero-order chi connectivity index (χ0) is 42.2. The summed E-state index contributed by atoms with van der Waals surface area (Å²) in [6.45, 7) is 7.72. The maximum Gasteiger partial charge on any atom is 0.430 e. The van der Waals surface area contributed by atoms with Gasteiger partial charge in [-0.2, -0.15) is 52.7 Å². The van der Waals surface area contributed by atoms with Crippen molar-refractivity contribution in [2.75, 3.05) is 0 Å². The van der Waals surface area contributed by atoms with Crippen LogP contribution >= 0.6 is 0 Å². The first kappa shape index (κ1) is 45.1. The minimum Gasteiger partial charge on any atom is -0.487 e. The lowest BCUT2D eigenvalue weighted by Crippen LogP contribution is -2.54. The maximum atomic E-state index is 14.3. The molecule has 3 aromatic carbocycles. The second-order valence-electron chi connectivity index (χ2n) is 12.9. The molecular weight excluding hydrogens is 768 g/mol. The number of hydrogen-bond acceptors (Lipinski definition) is 6. The standard InChI is InChI=1S/C37H36F12O6/c1-6-20(7-2)29(50)23-11-10-12-24(17-23)30(51)54-27-15-13-21(18-25(27)32(52,34(38,39)40)35(41,42)43)22-14-16-28(55-31(5,8-3)9-4)26(19-22)33(53,36(44,45)46)37(47,48)49/h10-20,52-53H,6-9H2,1-5H3. The van der Waals surface area contributed by atoms with Crippen molar-refractivity contribution in [1.29, 1.82) is 0 Å². The molecule has 0 unspecified atom stereocenters. The van der Waals surface area contributed by atoms with Crippen LogP contribution in [0.3, 0.4) is 0 Å². The first-order valence-corrected chi connectivity index (χ1v) is 16.6. The SMILES string of the molecule is CCC(CC)C(=O)c1cccc(C(=O)Oc2ccc(-c3ccc(OC(C)(CC)CC)c(C(O)(C(F)(F)F)C(F)(F)F)c3)cc2C(O)(C(F)(F)F)C(F)(F)F)c1.